The molecule has 0 bridgehead atoms. The van der Waals surface area contributed by atoms with E-state index in [1.165, 1.54) is 5.56 Å². The van der Waals surface area contributed by atoms with Crippen molar-refractivity contribution < 1.29 is 0 Å². The number of halogens is 2. The van der Waals surface area contributed by atoms with Crippen molar-refractivity contribution in [3.63, 3.8) is 0 Å². The summed E-state index contributed by atoms with van der Waals surface area (Å²) in [5, 5.41) is 1.04. The molecule has 4 nitrogen and oxygen atoms in total. The maximum Gasteiger partial charge on any atom is 0.164 e. The summed E-state index contributed by atoms with van der Waals surface area (Å²) in [6, 6.07) is 34.7. The molecule has 2 heterocycles. The van der Waals surface area contributed by atoms with Crippen LogP contribution < -0.4 is 0 Å². The average molecular weight is 594 g/mol. The van der Waals surface area contributed by atoms with Crippen LogP contribution in [0.25, 0.3) is 56.2 Å². The Bertz CT molecular complexity index is 1680. The summed E-state index contributed by atoms with van der Waals surface area (Å²) in [4.78, 5) is 19.1. The SMILES string of the molecule is Brc1cc(Br)cc(-c2nc(-c3ccc(-c4ccccc4)cc3)nc(-c3ccc4ncccc4c3)n2)c1. The van der Waals surface area contributed by atoms with Gasteiger partial charge in [0.1, 0.15) is 0 Å². The molecule has 0 N–H and O–H groups in total. The zero-order valence-corrected chi connectivity index (χ0v) is 22.1. The lowest BCUT2D eigenvalue weighted by molar-refractivity contribution is 1.07. The third kappa shape index (κ3) is 4.70. The molecule has 6 rings (SSSR count). The van der Waals surface area contributed by atoms with Gasteiger partial charge in [-0.25, -0.2) is 15.0 Å². The van der Waals surface area contributed by atoms with Crippen molar-refractivity contribution in [2.24, 2.45) is 0 Å². The first-order valence-electron chi connectivity index (χ1n) is 11.4. The molecule has 6 heteroatoms. The number of rotatable bonds is 4. The molecule has 172 valence electrons. The topological polar surface area (TPSA) is 51.6 Å². The lowest BCUT2D eigenvalue weighted by Gasteiger charge is -2.10. The summed E-state index contributed by atoms with van der Waals surface area (Å²) in [6.45, 7) is 0. The van der Waals surface area contributed by atoms with Crippen molar-refractivity contribution in [2.75, 3.05) is 0 Å². The molecule has 0 saturated carbocycles. The molecule has 6 aromatic rings. The molecule has 0 aliphatic rings. The highest BCUT2D eigenvalue weighted by atomic mass is 79.9. The predicted octanol–water partition coefficient (Wildman–Crippen LogP) is 8.61. The van der Waals surface area contributed by atoms with Gasteiger partial charge in [0.05, 0.1) is 5.52 Å². The highest BCUT2D eigenvalue weighted by molar-refractivity contribution is 9.11. The van der Waals surface area contributed by atoms with Crippen LogP contribution in [0.3, 0.4) is 0 Å². The molecule has 36 heavy (non-hydrogen) atoms. The normalized spacial score (nSPS) is 11.1. The van der Waals surface area contributed by atoms with Gasteiger partial charge < -0.3 is 0 Å². The van der Waals surface area contributed by atoms with Crippen LogP contribution in [-0.2, 0) is 0 Å². The second-order valence-corrected chi connectivity index (χ2v) is 10.1. The first-order chi connectivity index (χ1) is 17.6. The van der Waals surface area contributed by atoms with Gasteiger partial charge in [0.15, 0.2) is 17.5 Å². The summed E-state index contributed by atoms with van der Waals surface area (Å²) < 4.78 is 1.89. The zero-order chi connectivity index (χ0) is 24.5. The van der Waals surface area contributed by atoms with Crippen molar-refractivity contribution in [3.8, 4) is 45.3 Å². The summed E-state index contributed by atoms with van der Waals surface area (Å²) in [5.41, 5.74) is 5.98. The first-order valence-corrected chi connectivity index (χ1v) is 12.9. The molecule has 2 aromatic heterocycles. The van der Waals surface area contributed by atoms with E-state index in [1.54, 1.807) is 6.20 Å². The molecule has 0 aliphatic heterocycles. The Hall–Kier alpha value is -3.74. The Kier molecular flexibility index (Phi) is 6.13. The van der Waals surface area contributed by atoms with E-state index >= 15 is 0 Å². The Morgan fingerprint density at radius 1 is 0.444 bits per heavy atom. The number of fused-ring (bicyclic) bond motifs is 1. The van der Waals surface area contributed by atoms with E-state index in [0.717, 1.165) is 42.1 Å². The number of aromatic nitrogens is 4. The highest BCUT2D eigenvalue weighted by Crippen LogP contribution is 2.30. The van der Waals surface area contributed by atoms with Gasteiger partial charge in [-0.3, -0.25) is 4.98 Å². The van der Waals surface area contributed by atoms with Gasteiger partial charge in [-0.15, -0.1) is 0 Å². The van der Waals surface area contributed by atoms with Crippen LogP contribution in [0.5, 0.6) is 0 Å². The minimum absolute atomic E-state index is 0.607. The van der Waals surface area contributed by atoms with Crippen molar-refractivity contribution in [2.45, 2.75) is 0 Å². The maximum atomic E-state index is 4.89. The Morgan fingerprint density at radius 3 is 1.75 bits per heavy atom. The minimum atomic E-state index is 0.607. The van der Waals surface area contributed by atoms with E-state index in [-0.39, 0.29) is 0 Å². The van der Waals surface area contributed by atoms with Crippen LogP contribution in [0.2, 0.25) is 0 Å². The Morgan fingerprint density at radius 2 is 1.03 bits per heavy atom. The number of benzene rings is 4. The van der Waals surface area contributed by atoms with E-state index in [4.69, 9.17) is 15.0 Å². The van der Waals surface area contributed by atoms with E-state index in [0.29, 0.717) is 17.5 Å². The van der Waals surface area contributed by atoms with E-state index < -0.39 is 0 Å². The quantitative estimate of drug-likeness (QED) is 0.205. The Balaban J connectivity index is 1.50. The lowest BCUT2D eigenvalue weighted by atomic mass is 10.0. The van der Waals surface area contributed by atoms with E-state index in [2.05, 4.69) is 79.3 Å². The number of hydrogen-bond acceptors (Lipinski definition) is 4. The molecule has 0 atom stereocenters. The third-order valence-electron chi connectivity index (χ3n) is 5.87. The highest BCUT2D eigenvalue weighted by Gasteiger charge is 2.14. The molecular formula is C30H18Br2N4. The van der Waals surface area contributed by atoms with Gasteiger partial charge in [0.2, 0.25) is 0 Å². The molecule has 0 amide bonds. The van der Waals surface area contributed by atoms with Crippen molar-refractivity contribution in [1.82, 2.24) is 19.9 Å². The van der Waals surface area contributed by atoms with Gasteiger partial charge in [0.25, 0.3) is 0 Å². The predicted molar refractivity (Wildman–Crippen MR) is 152 cm³/mol. The number of nitrogens with zero attached hydrogens (tertiary/aromatic N) is 4. The molecule has 0 unspecified atom stereocenters. The molecule has 0 saturated heterocycles. The van der Waals surface area contributed by atoms with Crippen molar-refractivity contribution >= 4 is 42.8 Å². The van der Waals surface area contributed by atoms with Crippen LogP contribution >= 0.6 is 31.9 Å². The maximum absolute atomic E-state index is 4.89. The molecule has 0 spiro atoms. The zero-order valence-electron chi connectivity index (χ0n) is 18.9. The average Bonchev–Trinajstić information content (AvgIpc) is 2.92. The largest absolute Gasteiger partial charge is 0.256 e. The van der Waals surface area contributed by atoms with Crippen LogP contribution in [0.4, 0.5) is 0 Å². The third-order valence-corrected chi connectivity index (χ3v) is 6.78. The minimum Gasteiger partial charge on any atom is -0.256 e. The number of hydrogen-bond donors (Lipinski definition) is 0. The van der Waals surface area contributed by atoms with Crippen LogP contribution in [0.15, 0.2) is 118 Å². The molecule has 0 aliphatic carbocycles. The number of pyridine rings is 1. The van der Waals surface area contributed by atoms with Crippen LogP contribution in [0.1, 0.15) is 0 Å². The van der Waals surface area contributed by atoms with Gasteiger partial charge in [-0.05, 0) is 53.6 Å². The van der Waals surface area contributed by atoms with Gasteiger partial charge in [-0.1, -0.05) is 92.5 Å². The van der Waals surface area contributed by atoms with Crippen molar-refractivity contribution in [3.05, 3.63) is 118 Å². The summed E-state index contributed by atoms with van der Waals surface area (Å²) in [5.74, 6) is 1.84. The van der Waals surface area contributed by atoms with E-state index in [1.807, 2.05) is 60.7 Å². The van der Waals surface area contributed by atoms with Crippen LogP contribution in [0, 0.1) is 0 Å². The fraction of sp³-hybridized carbons (Fsp3) is 0. The monoisotopic (exact) mass is 592 g/mol. The smallest absolute Gasteiger partial charge is 0.164 e. The van der Waals surface area contributed by atoms with Gasteiger partial charge in [-0.2, -0.15) is 0 Å². The van der Waals surface area contributed by atoms with Crippen LogP contribution in [-0.4, -0.2) is 19.9 Å². The standard InChI is InChI=1S/C30H18Br2N4/c31-25-16-24(17-26(32)18-25)30-35-28(21-10-8-20(9-11-21)19-5-2-1-3-6-19)34-29(36-30)23-12-13-27-22(15-23)7-4-14-33-27/h1-18H. The fourth-order valence-corrected chi connectivity index (χ4v) is 5.40. The molecule has 4 aromatic carbocycles. The van der Waals surface area contributed by atoms with Gasteiger partial charge in [0, 0.05) is 37.2 Å². The van der Waals surface area contributed by atoms with Crippen molar-refractivity contribution in [1.29, 1.82) is 0 Å². The Labute approximate surface area is 225 Å². The molecular weight excluding hydrogens is 576 g/mol. The molecule has 0 fully saturated rings. The summed E-state index contributed by atoms with van der Waals surface area (Å²) in [6.07, 6.45) is 1.80. The summed E-state index contributed by atoms with van der Waals surface area (Å²) >= 11 is 7.17. The van der Waals surface area contributed by atoms with Gasteiger partial charge >= 0.3 is 0 Å². The first kappa shape index (κ1) is 22.7. The lowest BCUT2D eigenvalue weighted by Crippen LogP contribution is -2.00. The second-order valence-electron chi connectivity index (χ2n) is 8.32. The fourth-order valence-electron chi connectivity index (χ4n) is 4.10. The summed E-state index contributed by atoms with van der Waals surface area (Å²) in [7, 11) is 0. The van der Waals surface area contributed by atoms with E-state index in [9.17, 15) is 0 Å². The second kappa shape index (κ2) is 9.72. The molecule has 0 radical (unpaired) electrons.